The van der Waals surface area contributed by atoms with Crippen molar-refractivity contribution in [3.8, 4) is 0 Å². The van der Waals surface area contributed by atoms with Crippen LogP contribution >= 0.6 is 58.2 Å². The fourth-order valence-electron chi connectivity index (χ4n) is 1.77. The van der Waals surface area contributed by atoms with E-state index in [1.54, 1.807) is 0 Å². The molecule has 0 saturated carbocycles. The first-order chi connectivity index (χ1) is 10.6. The molecule has 0 fully saturated rings. The van der Waals surface area contributed by atoms with Crippen LogP contribution in [0.5, 0.6) is 0 Å². The lowest BCUT2D eigenvalue weighted by Gasteiger charge is -2.13. The number of aliphatic carboxylic acids is 2. The van der Waals surface area contributed by atoms with Crippen molar-refractivity contribution in [2.24, 2.45) is 0 Å². The van der Waals surface area contributed by atoms with Crippen LogP contribution in [0.1, 0.15) is 51.4 Å². The number of hydrogen-bond donors (Lipinski definition) is 2. The summed E-state index contributed by atoms with van der Waals surface area (Å²) in [5, 5.41) is 17.5. The fourth-order valence-corrected chi connectivity index (χ4v) is 3.33. The number of carbonyl (C=O) groups is 2. The summed E-state index contributed by atoms with van der Waals surface area (Å²) in [6, 6.07) is 0. The van der Waals surface area contributed by atoms with E-state index >= 15 is 0 Å². The minimum absolute atomic E-state index is 0.248. The van der Waals surface area contributed by atoms with Gasteiger partial charge in [0.15, 0.2) is 0 Å². The van der Waals surface area contributed by atoms with E-state index in [-0.39, 0.29) is 12.8 Å². The van der Waals surface area contributed by atoms with Gasteiger partial charge in [0, 0.05) is 0 Å². The minimum Gasteiger partial charge on any atom is -0.479 e. The molecule has 0 radical (unpaired) electrons. The van der Waals surface area contributed by atoms with Crippen LogP contribution in [0, 0.1) is 0 Å². The third kappa shape index (κ3) is 11.6. The lowest BCUT2D eigenvalue weighted by atomic mass is 10.1. The molecule has 0 rings (SSSR count). The Bertz CT molecular complexity index is 344. The average Bonchev–Trinajstić information content (AvgIpc) is 2.44. The molecule has 0 bridgehead atoms. The predicted octanol–water partition coefficient (Wildman–Crippen LogP) is 5.36. The van der Waals surface area contributed by atoms with E-state index in [9.17, 15) is 9.59 Å². The number of carboxylic acid groups (broad SMARTS) is 2. The number of carboxylic acids is 2. The minimum atomic E-state index is -1.68. The Balaban J connectivity index is 3.41. The van der Waals surface area contributed by atoms with Gasteiger partial charge in [-0.2, -0.15) is 11.8 Å². The lowest BCUT2D eigenvalue weighted by Crippen LogP contribution is -2.25. The number of hydrogen-bond acceptors (Lipinski definition) is 3. The summed E-state index contributed by atoms with van der Waals surface area (Å²) in [7, 11) is 0. The summed E-state index contributed by atoms with van der Waals surface area (Å²) in [4.78, 5) is 21.4. The maximum Gasteiger partial charge on any atom is 0.340 e. The van der Waals surface area contributed by atoms with Crippen LogP contribution in [0.15, 0.2) is 0 Å². The molecule has 4 nitrogen and oxygen atoms in total. The largest absolute Gasteiger partial charge is 0.479 e. The molecule has 0 aromatic carbocycles. The average molecular weight is 428 g/mol. The van der Waals surface area contributed by atoms with Crippen LogP contribution in [0.3, 0.4) is 0 Å². The zero-order chi connectivity index (χ0) is 17.9. The van der Waals surface area contributed by atoms with E-state index in [0.29, 0.717) is 12.8 Å². The van der Waals surface area contributed by atoms with Gasteiger partial charge in [-0.05, 0) is 50.0 Å². The van der Waals surface area contributed by atoms with E-state index in [2.05, 4.69) is 0 Å². The number of alkyl halides is 4. The van der Waals surface area contributed by atoms with Gasteiger partial charge in [-0.15, -0.1) is 0 Å². The lowest BCUT2D eigenvalue weighted by molar-refractivity contribution is -0.138. The maximum atomic E-state index is 10.7. The number of thioether (sulfide) groups is 1. The molecule has 2 N–H and O–H groups in total. The Morgan fingerprint density at radius 2 is 1.04 bits per heavy atom. The van der Waals surface area contributed by atoms with Crippen LogP contribution < -0.4 is 0 Å². The fraction of sp³-hybridized carbons (Fsp3) is 0.857. The van der Waals surface area contributed by atoms with Crippen molar-refractivity contribution < 1.29 is 19.8 Å². The van der Waals surface area contributed by atoms with Crippen molar-refractivity contribution in [3.63, 3.8) is 0 Å². The van der Waals surface area contributed by atoms with Gasteiger partial charge in [-0.1, -0.05) is 59.2 Å². The smallest absolute Gasteiger partial charge is 0.340 e. The Morgan fingerprint density at radius 3 is 1.35 bits per heavy atom. The molecule has 0 saturated heterocycles. The molecule has 0 aliphatic rings. The number of unbranched alkanes of at least 4 members (excludes halogenated alkanes) is 4. The molecule has 0 atom stereocenters. The molecule has 0 aliphatic heterocycles. The second kappa shape index (κ2) is 11.9. The van der Waals surface area contributed by atoms with Gasteiger partial charge < -0.3 is 10.2 Å². The van der Waals surface area contributed by atoms with Crippen molar-refractivity contribution in [2.75, 3.05) is 11.5 Å². The van der Waals surface area contributed by atoms with Gasteiger partial charge in [0.2, 0.25) is 8.67 Å². The normalized spacial score (nSPS) is 12.3. The standard InChI is InChI=1S/C14H22Cl4O4S/c15-13(16,11(19)20)7-3-1-5-9-23-10-6-2-4-8-14(17,18)12(21)22/h1-10H2,(H,19,20)(H,21,22). The molecular formula is C14H22Cl4O4S. The first kappa shape index (κ1) is 23.4. The quantitative estimate of drug-likeness (QED) is 0.288. The Morgan fingerprint density at radius 1 is 0.696 bits per heavy atom. The van der Waals surface area contributed by atoms with Gasteiger partial charge in [0.1, 0.15) is 0 Å². The molecule has 0 spiro atoms. The molecular weight excluding hydrogens is 406 g/mol. The highest BCUT2D eigenvalue weighted by Crippen LogP contribution is 2.29. The van der Waals surface area contributed by atoms with E-state index in [0.717, 1.165) is 37.2 Å². The van der Waals surface area contributed by atoms with Crippen LogP contribution in [0.2, 0.25) is 0 Å². The van der Waals surface area contributed by atoms with Gasteiger partial charge in [0.05, 0.1) is 0 Å². The molecule has 0 heterocycles. The predicted molar refractivity (Wildman–Crippen MR) is 98.4 cm³/mol. The summed E-state index contributed by atoms with van der Waals surface area (Å²) >= 11 is 24.4. The number of rotatable bonds is 14. The molecule has 23 heavy (non-hydrogen) atoms. The summed E-state index contributed by atoms with van der Waals surface area (Å²) in [5.41, 5.74) is 0. The summed E-state index contributed by atoms with van der Waals surface area (Å²) in [5.74, 6) is -0.407. The van der Waals surface area contributed by atoms with Crippen LogP contribution in [-0.4, -0.2) is 42.3 Å². The number of halogens is 4. The monoisotopic (exact) mass is 426 g/mol. The van der Waals surface area contributed by atoms with E-state index < -0.39 is 20.6 Å². The first-order valence-corrected chi connectivity index (χ1v) is 10.1. The molecule has 0 amide bonds. The van der Waals surface area contributed by atoms with Crippen molar-refractivity contribution >= 4 is 70.1 Å². The molecule has 136 valence electrons. The summed E-state index contributed by atoms with van der Waals surface area (Å²) < 4.78 is -3.35. The summed E-state index contributed by atoms with van der Waals surface area (Å²) in [6.45, 7) is 0. The Hall–Kier alpha value is 0.450. The molecule has 9 heteroatoms. The topological polar surface area (TPSA) is 74.6 Å². The molecule has 0 aromatic rings. The van der Waals surface area contributed by atoms with Gasteiger partial charge in [-0.3, -0.25) is 0 Å². The third-order valence-electron chi connectivity index (χ3n) is 3.18. The Labute approximate surface area is 161 Å². The van der Waals surface area contributed by atoms with Crippen molar-refractivity contribution in [1.29, 1.82) is 0 Å². The highest BCUT2D eigenvalue weighted by molar-refractivity contribution is 7.99. The first-order valence-electron chi connectivity index (χ1n) is 7.40. The second-order valence-corrected chi connectivity index (χ2v) is 9.45. The van der Waals surface area contributed by atoms with Crippen LogP contribution in [0.25, 0.3) is 0 Å². The molecule has 0 aromatic heterocycles. The highest BCUT2D eigenvalue weighted by Gasteiger charge is 2.33. The Kier molecular flexibility index (Phi) is 12.1. The zero-order valence-electron chi connectivity index (χ0n) is 12.7. The van der Waals surface area contributed by atoms with E-state index in [4.69, 9.17) is 56.6 Å². The van der Waals surface area contributed by atoms with E-state index in [1.807, 2.05) is 11.8 Å². The molecule has 0 aliphatic carbocycles. The van der Waals surface area contributed by atoms with Gasteiger partial charge >= 0.3 is 11.9 Å². The van der Waals surface area contributed by atoms with Crippen LogP contribution in [0.4, 0.5) is 0 Å². The maximum absolute atomic E-state index is 10.7. The summed E-state index contributed by atoms with van der Waals surface area (Å²) in [6.07, 6.45) is 5.61. The zero-order valence-corrected chi connectivity index (χ0v) is 16.5. The van der Waals surface area contributed by atoms with Crippen LogP contribution in [-0.2, 0) is 9.59 Å². The SMILES string of the molecule is O=C(O)C(Cl)(Cl)CCCCCSCCCCCC(Cl)(Cl)C(=O)O. The van der Waals surface area contributed by atoms with Crippen molar-refractivity contribution in [2.45, 2.75) is 60.0 Å². The van der Waals surface area contributed by atoms with Crippen molar-refractivity contribution in [3.05, 3.63) is 0 Å². The highest BCUT2D eigenvalue weighted by atomic mass is 35.5. The molecule has 0 unspecified atom stereocenters. The van der Waals surface area contributed by atoms with Gasteiger partial charge in [-0.25, -0.2) is 9.59 Å². The second-order valence-electron chi connectivity index (χ2n) is 5.25. The third-order valence-corrected chi connectivity index (χ3v) is 5.74. The van der Waals surface area contributed by atoms with E-state index in [1.165, 1.54) is 0 Å². The van der Waals surface area contributed by atoms with Crippen molar-refractivity contribution in [1.82, 2.24) is 0 Å². The van der Waals surface area contributed by atoms with Gasteiger partial charge in [0.25, 0.3) is 0 Å².